The average Bonchev–Trinajstić information content (AvgIpc) is 3.43. The topological polar surface area (TPSA) is 229 Å². The molecule has 0 bridgehead atoms. The zero-order valence-electron chi connectivity index (χ0n) is 45.1. The van der Waals surface area contributed by atoms with Crippen molar-refractivity contribution in [3.05, 3.63) is 0 Å². The van der Waals surface area contributed by atoms with Gasteiger partial charge in [0.15, 0.2) is 24.7 Å². The smallest absolute Gasteiger partial charge is 0.311 e. The second kappa shape index (κ2) is 26.7. The second-order valence-electron chi connectivity index (χ2n) is 21.5. The molecule has 4 aliphatic heterocycles. The van der Waals surface area contributed by atoms with Crippen LogP contribution in [0.1, 0.15) is 123 Å². The van der Waals surface area contributed by atoms with Gasteiger partial charge in [0.05, 0.1) is 54.7 Å². The van der Waals surface area contributed by atoms with E-state index in [0.29, 0.717) is 18.7 Å². The molecule has 0 aromatic carbocycles. The molecule has 0 aromatic rings. The lowest BCUT2D eigenvalue weighted by Crippen LogP contribution is -2.59. The van der Waals surface area contributed by atoms with Crippen molar-refractivity contribution in [1.29, 1.82) is 0 Å². The number of hydrogen-bond donors (Lipinski definition) is 3. The van der Waals surface area contributed by atoms with Gasteiger partial charge in [-0.2, -0.15) is 0 Å². The minimum absolute atomic E-state index is 0.0523. The summed E-state index contributed by atoms with van der Waals surface area (Å²) in [5.41, 5.74) is -1.69. The van der Waals surface area contributed by atoms with Gasteiger partial charge in [0.2, 0.25) is 0 Å². The highest BCUT2D eigenvalue weighted by molar-refractivity contribution is 5.90. The van der Waals surface area contributed by atoms with Crippen molar-refractivity contribution in [3.63, 3.8) is 0 Å². The van der Waals surface area contributed by atoms with E-state index in [-0.39, 0.29) is 43.9 Å². The minimum Gasteiger partial charge on any atom is -0.461 e. The molecular formula is C51H90N2O17. The maximum atomic E-state index is 15.2. The summed E-state index contributed by atoms with van der Waals surface area (Å²) in [4.78, 5) is 51.1. The van der Waals surface area contributed by atoms with E-state index in [1.165, 1.54) is 28.3 Å². The van der Waals surface area contributed by atoms with Gasteiger partial charge in [-0.15, -0.1) is 0 Å². The minimum atomic E-state index is -2.01. The first kappa shape index (κ1) is 60.2. The van der Waals surface area contributed by atoms with Crippen molar-refractivity contribution in [3.8, 4) is 0 Å². The van der Waals surface area contributed by atoms with Crippen LogP contribution in [0.4, 0.5) is 0 Å². The molecule has 70 heavy (non-hydrogen) atoms. The lowest BCUT2D eigenvalue weighted by Gasteiger charge is -2.44. The van der Waals surface area contributed by atoms with E-state index >= 15 is 4.79 Å². The standard InChI is InChI=1S/C51H90N2O17/c1-18-53-23-30(8)64-38(20-28(53)6)68-44-31(9)41(70-49-40(56)36(52-62-17)21-29(7)65-49)26(4)22-51(14,59)47(57)33(11)43(67-37(54)19-25(2)3)32(10)42(69-48(58)34(44)12)27(5)24-63-50-46(61-16)45(60-15)39(55)35(13)66-50/h25-35,38-46,49-50,55-56,59H,18-24H2,1-17H3/b52-36+/t26-,27-,28?,29+,30-,31+,32-,33+,34+,35+,38-,39+,40+,41-,42+,43+,44-,45+,46+,49-,50+,51-/m0/s1. The first-order chi connectivity index (χ1) is 32.8. The first-order valence-electron chi connectivity index (χ1n) is 25.6. The highest BCUT2D eigenvalue weighted by Crippen LogP contribution is 2.39. The zero-order valence-corrected chi connectivity index (χ0v) is 45.1. The number of esters is 2. The fraction of sp³-hybridized carbons (Fsp3) is 0.922. The van der Waals surface area contributed by atoms with Crippen molar-refractivity contribution in [2.45, 2.75) is 220 Å². The summed E-state index contributed by atoms with van der Waals surface area (Å²) in [6.45, 7) is 26.9. The van der Waals surface area contributed by atoms with E-state index < -0.39 is 139 Å². The second-order valence-corrected chi connectivity index (χ2v) is 21.5. The van der Waals surface area contributed by atoms with Gasteiger partial charge in [-0.05, 0) is 66.3 Å². The van der Waals surface area contributed by atoms with Crippen LogP contribution in [0.3, 0.4) is 0 Å². The number of aliphatic hydroxyl groups is 3. The predicted octanol–water partition coefficient (Wildman–Crippen LogP) is 4.66. The van der Waals surface area contributed by atoms with Crippen molar-refractivity contribution < 1.29 is 81.9 Å². The number of ketones is 1. The number of nitrogens with zero attached hydrogens (tertiary/aromatic N) is 2. The molecule has 0 aliphatic carbocycles. The summed E-state index contributed by atoms with van der Waals surface area (Å²) in [6.07, 6.45) is -11.8. The van der Waals surface area contributed by atoms with Gasteiger partial charge in [-0.3, -0.25) is 19.3 Å². The van der Waals surface area contributed by atoms with Gasteiger partial charge in [0.1, 0.15) is 49.3 Å². The molecular weight excluding hydrogens is 913 g/mol. The maximum absolute atomic E-state index is 15.2. The Morgan fingerprint density at radius 3 is 2.09 bits per heavy atom. The van der Waals surface area contributed by atoms with Crippen LogP contribution in [-0.2, 0) is 66.6 Å². The molecule has 0 saturated carbocycles. The van der Waals surface area contributed by atoms with Crippen LogP contribution < -0.4 is 0 Å². The summed E-state index contributed by atoms with van der Waals surface area (Å²) in [7, 11) is 4.31. The fourth-order valence-electron chi connectivity index (χ4n) is 11.0. The monoisotopic (exact) mass is 1000 g/mol. The van der Waals surface area contributed by atoms with E-state index in [4.69, 9.17) is 52.2 Å². The summed E-state index contributed by atoms with van der Waals surface area (Å²) < 4.78 is 63.3. The van der Waals surface area contributed by atoms with E-state index in [0.717, 1.165) is 6.54 Å². The lowest BCUT2D eigenvalue weighted by molar-refractivity contribution is -0.305. The quantitative estimate of drug-likeness (QED) is 0.150. The third kappa shape index (κ3) is 15.1. The largest absolute Gasteiger partial charge is 0.461 e. The molecule has 4 fully saturated rings. The lowest BCUT2D eigenvalue weighted by atomic mass is 9.74. The van der Waals surface area contributed by atoms with Gasteiger partial charge in [-0.25, -0.2) is 0 Å². The Morgan fingerprint density at radius 1 is 0.829 bits per heavy atom. The fourth-order valence-corrected chi connectivity index (χ4v) is 11.0. The van der Waals surface area contributed by atoms with Crippen LogP contribution in [0.25, 0.3) is 0 Å². The molecule has 19 nitrogen and oxygen atoms in total. The molecule has 22 atom stereocenters. The molecule has 0 aromatic heterocycles. The van der Waals surface area contributed by atoms with Gasteiger partial charge >= 0.3 is 11.9 Å². The van der Waals surface area contributed by atoms with Gasteiger partial charge < -0.3 is 67.5 Å². The van der Waals surface area contributed by atoms with Crippen LogP contribution >= 0.6 is 0 Å². The first-order valence-corrected chi connectivity index (χ1v) is 25.6. The van der Waals surface area contributed by atoms with Gasteiger partial charge in [0, 0.05) is 63.8 Å². The van der Waals surface area contributed by atoms with Gasteiger partial charge in [-0.1, -0.05) is 60.5 Å². The molecule has 0 radical (unpaired) electrons. The number of carbonyl (C=O) groups excluding carboxylic acids is 3. The van der Waals surface area contributed by atoms with Crippen LogP contribution in [0.2, 0.25) is 0 Å². The van der Waals surface area contributed by atoms with Crippen LogP contribution in [0.5, 0.6) is 0 Å². The number of rotatable bonds is 15. The number of methoxy groups -OCH3 is 2. The number of likely N-dealkylation sites (N-methyl/N-ethyl adjacent to an activating group) is 1. The Bertz CT molecular complexity index is 1690. The van der Waals surface area contributed by atoms with E-state index in [9.17, 15) is 24.9 Å². The van der Waals surface area contributed by atoms with Gasteiger partial charge in [0.25, 0.3) is 0 Å². The van der Waals surface area contributed by atoms with Crippen molar-refractivity contribution in [2.24, 2.45) is 46.6 Å². The SMILES string of the molecule is CCN1C[C@H](C)O[C@@H](O[C@H]2[C@H](C)[C@@H](O[C@@H]3O[C@H](C)C/C(=N\OC)[C@H]3O)[C@@H](C)C[C@](C)(O)C(=O)[C@H](C)[C@H](OC(=O)CC(C)C)[C@@H](C)[C@@H]([C@@H](C)CO[C@@H]3O[C@H](C)[C@@H](O)[C@@H](OC)[C@H]3OC)OC(=O)[C@@H]2C)CC1C. The number of oxime groups is 1. The van der Waals surface area contributed by atoms with Crippen LogP contribution in [-0.4, -0.2) is 182 Å². The predicted molar refractivity (Wildman–Crippen MR) is 257 cm³/mol. The van der Waals surface area contributed by atoms with E-state index in [1.807, 2.05) is 48.5 Å². The summed E-state index contributed by atoms with van der Waals surface area (Å²) >= 11 is 0. The molecule has 0 amide bonds. The summed E-state index contributed by atoms with van der Waals surface area (Å²) in [5, 5.41) is 38.9. The van der Waals surface area contributed by atoms with Crippen molar-refractivity contribution >= 4 is 23.4 Å². The molecule has 19 heteroatoms. The third-order valence-corrected chi connectivity index (χ3v) is 14.8. The number of cyclic esters (lactones) is 1. The molecule has 4 aliphatic rings. The Balaban J connectivity index is 1.88. The molecule has 406 valence electrons. The Labute approximate surface area is 417 Å². The number of hydrogen-bond acceptors (Lipinski definition) is 19. The molecule has 3 N–H and O–H groups in total. The van der Waals surface area contributed by atoms with Crippen molar-refractivity contribution in [1.82, 2.24) is 4.90 Å². The Morgan fingerprint density at radius 2 is 1.49 bits per heavy atom. The normalized spacial score (nSPS) is 43.2. The van der Waals surface area contributed by atoms with E-state index in [1.54, 1.807) is 27.7 Å². The molecule has 0 spiro atoms. The molecule has 4 heterocycles. The Hall–Kier alpha value is -2.40. The molecule has 4 saturated heterocycles. The Kier molecular flexibility index (Phi) is 22.9. The van der Waals surface area contributed by atoms with Crippen LogP contribution in [0, 0.1) is 41.4 Å². The number of carbonyl (C=O) groups is 3. The number of aliphatic hydroxyl groups excluding tert-OH is 2. The van der Waals surface area contributed by atoms with E-state index in [2.05, 4.69) is 23.9 Å². The number of Topliss-reactive ketones (excluding diaryl/α,β-unsaturated/α-hetero) is 1. The maximum Gasteiger partial charge on any atom is 0.311 e. The highest BCUT2D eigenvalue weighted by atomic mass is 16.7. The average molecular weight is 1000 g/mol. The summed E-state index contributed by atoms with van der Waals surface area (Å²) in [6, 6.07) is 0.0635. The molecule has 1 unspecified atom stereocenters. The molecule has 4 rings (SSSR count). The van der Waals surface area contributed by atoms with Crippen molar-refractivity contribution in [2.75, 3.05) is 41.0 Å². The zero-order chi connectivity index (χ0) is 52.5. The van der Waals surface area contributed by atoms with Crippen LogP contribution in [0.15, 0.2) is 5.16 Å². The summed E-state index contributed by atoms with van der Waals surface area (Å²) in [5.74, 6) is -6.83. The third-order valence-electron chi connectivity index (χ3n) is 14.8. The highest BCUT2D eigenvalue weighted by Gasteiger charge is 2.51. The number of ether oxygens (including phenoxy) is 10.